The first-order chi connectivity index (χ1) is 3.41. The van der Waals surface area contributed by atoms with Gasteiger partial charge in [0.15, 0.2) is 9.03 Å². The molecule has 0 N–H and O–H groups in total. The SMILES string of the molecule is CCOPOCC.[Zn]. The molecule has 0 aromatic rings. The van der Waals surface area contributed by atoms with Gasteiger partial charge in [0, 0.05) is 19.5 Å². The Morgan fingerprint density at radius 3 is 1.75 bits per heavy atom. The summed E-state index contributed by atoms with van der Waals surface area (Å²) in [6.07, 6.45) is 0. The van der Waals surface area contributed by atoms with Crippen molar-refractivity contribution in [2.24, 2.45) is 0 Å². The van der Waals surface area contributed by atoms with Crippen molar-refractivity contribution in [1.29, 1.82) is 0 Å². The molecule has 0 aliphatic heterocycles. The van der Waals surface area contributed by atoms with Crippen molar-refractivity contribution in [3.05, 3.63) is 0 Å². The summed E-state index contributed by atoms with van der Waals surface area (Å²) in [5, 5.41) is 0. The van der Waals surface area contributed by atoms with Gasteiger partial charge in [-0.05, 0) is 13.8 Å². The van der Waals surface area contributed by atoms with E-state index in [-0.39, 0.29) is 28.5 Å². The van der Waals surface area contributed by atoms with E-state index in [0.29, 0.717) is 0 Å². The van der Waals surface area contributed by atoms with Gasteiger partial charge >= 0.3 is 0 Å². The molecule has 0 bridgehead atoms. The molecule has 0 aliphatic carbocycles. The Kier molecular flexibility index (Phi) is 15.9. The molecule has 0 saturated heterocycles. The molecule has 0 spiro atoms. The molecule has 4 heteroatoms. The van der Waals surface area contributed by atoms with Crippen LogP contribution in [0, 0.1) is 0 Å². The van der Waals surface area contributed by atoms with Crippen LogP contribution >= 0.6 is 9.03 Å². The van der Waals surface area contributed by atoms with Gasteiger partial charge in [0.1, 0.15) is 0 Å². The molecule has 0 aromatic heterocycles. The summed E-state index contributed by atoms with van der Waals surface area (Å²) in [5.74, 6) is 0. The van der Waals surface area contributed by atoms with Crippen LogP contribution in [0.5, 0.6) is 0 Å². The van der Waals surface area contributed by atoms with Crippen molar-refractivity contribution in [3.63, 3.8) is 0 Å². The molecule has 0 fully saturated rings. The molecule has 46 valence electrons. The van der Waals surface area contributed by atoms with Crippen LogP contribution in [0.3, 0.4) is 0 Å². The molecule has 0 rings (SSSR count). The Bertz CT molecular complexity index is 33.2. The average molecular weight is 187 g/mol. The Balaban J connectivity index is 0. The van der Waals surface area contributed by atoms with E-state index >= 15 is 0 Å². The summed E-state index contributed by atoms with van der Waals surface area (Å²) < 4.78 is 9.76. The van der Waals surface area contributed by atoms with Crippen molar-refractivity contribution in [1.82, 2.24) is 0 Å². The Morgan fingerprint density at radius 2 is 1.50 bits per heavy atom. The van der Waals surface area contributed by atoms with Crippen LogP contribution in [0.4, 0.5) is 0 Å². The molecular weight excluding hydrogens is 176 g/mol. The van der Waals surface area contributed by atoms with Gasteiger partial charge in [0.05, 0.1) is 13.2 Å². The third-order valence-electron chi connectivity index (χ3n) is 0.407. The Morgan fingerprint density at radius 1 is 1.12 bits per heavy atom. The van der Waals surface area contributed by atoms with E-state index in [4.69, 9.17) is 9.05 Å². The normalized spacial score (nSPS) is 8.25. The Labute approximate surface area is 65.0 Å². The van der Waals surface area contributed by atoms with Gasteiger partial charge in [-0.1, -0.05) is 0 Å². The molecule has 0 atom stereocenters. The van der Waals surface area contributed by atoms with Crippen molar-refractivity contribution < 1.29 is 28.5 Å². The van der Waals surface area contributed by atoms with Gasteiger partial charge in [-0.15, -0.1) is 0 Å². The molecule has 0 heterocycles. The minimum absolute atomic E-state index is 0. The van der Waals surface area contributed by atoms with Crippen LogP contribution in [0.1, 0.15) is 13.8 Å². The van der Waals surface area contributed by atoms with Crippen LogP contribution in [0.15, 0.2) is 0 Å². The minimum atomic E-state index is 0. The van der Waals surface area contributed by atoms with Crippen molar-refractivity contribution in [3.8, 4) is 0 Å². The summed E-state index contributed by atoms with van der Waals surface area (Å²) >= 11 is 0. The number of rotatable bonds is 4. The predicted molar refractivity (Wildman–Crippen MR) is 31.6 cm³/mol. The van der Waals surface area contributed by atoms with Crippen LogP contribution in [0.25, 0.3) is 0 Å². The van der Waals surface area contributed by atoms with Crippen LogP contribution < -0.4 is 0 Å². The second-order valence-electron chi connectivity index (χ2n) is 0.949. The summed E-state index contributed by atoms with van der Waals surface area (Å²) in [6, 6.07) is 0. The van der Waals surface area contributed by atoms with Gasteiger partial charge in [0.2, 0.25) is 0 Å². The summed E-state index contributed by atoms with van der Waals surface area (Å²) in [7, 11) is 0.232. The molecular formula is C4H11O2PZn. The van der Waals surface area contributed by atoms with E-state index < -0.39 is 0 Å². The van der Waals surface area contributed by atoms with Crippen LogP contribution in [-0.2, 0) is 28.5 Å². The number of hydrogen-bond donors (Lipinski definition) is 0. The van der Waals surface area contributed by atoms with Crippen LogP contribution in [-0.4, -0.2) is 13.2 Å². The van der Waals surface area contributed by atoms with E-state index in [1.807, 2.05) is 13.8 Å². The first-order valence-corrected chi connectivity index (χ1v) is 3.22. The van der Waals surface area contributed by atoms with Gasteiger partial charge < -0.3 is 9.05 Å². The minimum Gasteiger partial charge on any atom is -0.337 e. The molecule has 8 heavy (non-hydrogen) atoms. The largest absolute Gasteiger partial charge is 0.337 e. The van der Waals surface area contributed by atoms with Crippen LogP contribution in [0.2, 0.25) is 0 Å². The van der Waals surface area contributed by atoms with Gasteiger partial charge in [0.25, 0.3) is 0 Å². The molecule has 2 nitrogen and oxygen atoms in total. The fraction of sp³-hybridized carbons (Fsp3) is 1.00. The summed E-state index contributed by atoms with van der Waals surface area (Å²) in [6.45, 7) is 5.40. The van der Waals surface area contributed by atoms with Crippen molar-refractivity contribution in [2.45, 2.75) is 13.8 Å². The fourth-order valence-electron chi connectivity index (χ4n) is 0.160. The predicted octanol–water partition coefficient (Wildman–Crippen LogP) is 1.57. The summed E-state index contributed by atoms with van der Waals surface area (Å²) in [4.78, 5) is 0. The van der Waals surface area contributed by atoms with E-state index in [9.17, 15) is 0 Å². The van der Waals surface area contributed by atoms with E-state index in [2.05, 4.69) is 0 Å². The Hall–Kier alpha value is 0.973. The number of hydrogen-bond acceptors (Lipinski definition) is 2. The maximum Gasteiger partial charge on any atom is 0.155 e. The van der Waals surface area contributed by atoms with Gasteiger partial charge in [-0.2, -0.15) is 0 Å². The topological polar surface area (TPSA) is 18.5 Å². The molecule has 0 amide bonds. The molecule has 0 saturated carbocycles. The zero-order valence-corrected chi connectivity index (χ0v) is 9.40. The molecule has 0 aliphatic rings. The quantitative estimate of drug-likeness (QED) is 0.378. The van der Waals surface area contributed by atoms with E-state index in [0.717, 1.165) is 13.2 Å². The van der Waals surface area contributed by atoms with Gasteiger partial charge in [-0.25, -0.2) is 0 Å². The smallest absolute Gasteiger partial charge is 0.155 e. The zero-order chi connectivity index (χ0) is 5.54. The average Bonchev–Trinajstić information content (AvgIpc) is 1.69. The van der Waals surface area contributed by atoms with E-state index in [1.165, 1.54) is 0 Å². The zero-order valence-electron chi connectivity index (χ0n) is 5.44. The molecule has 0 aromatic carbocycles. The third kappa shape index (κ3) is 10.1. The molecule has 0 unspecified atom stereocenters. The summed E-state index contributed by atoms with van der Waals surface area (Å²) in [5.41, 5.74) is 0. The van der Waals surface area contributed by atoms with Crippen molar-refractivity contribution in [2.75, 3.05) is 13.2 Å². The fourth-order valence-corrected chi connectivity index (χ4v) is 0.479. The second-order valence-corrected chi connectivity index (χ2v) is 1.69. The third-order valence-corrected chi connectivity index (χ3v) is 1.22. The molecule has 0 radical (unpaired) electrons. The van der Waals surface area contributed by atoms with Crippen molar-refractivity contribution >= 4 is 9.03 Å². The first kappa shape index (κ1) is 11.7. The van der Waals surface area contributed by atoms with Gasteiger partial charge in [-0.3, -0.25) is 0 Å². The standard InChI is InChI=1S/C4H11O2P.Zn/c1-3-5-7-6-4-2;/h7H,3-4H2,1-2H3;. The van der Waals surface area contributed by atoms with E-state index in [1.54, 1.807) is 0 Å². The second kappa shape index (κ2) is 10.9. The maximum absolute atomic E-state index is 4.88. The maximum atomic E-state index is 4.88. The monoisotopic (exact) mass is 186 g/mol. The first-order valence-electron chi connectivity index (χ1n) is 2.40.